The van der Waals surface area contributed by atoms with Crippen molar-refractivity contribution >= 4 is 0 Å². The molecule has 1 aliphatic rings. The van der Waals surface area contributed by atoms with E-state index in [1.807, 2.05) is 6.07 Å². The normalized spacial score (nSPS) is 22.2. The summed E-state index contributed by atoms with van der Waals surface area (Å²) in [5.74, 6) is 1.65. The predicted molar refractivity (Wildman–Crippen MR) is 116 cm³/mol. The molecule has 0 saturated carbocycles. The molecule has 0 amide bonds. The lowest BCUT2D eigenvalue weighted by Crippen LogP contribution is -2.20. The van der Waals surface area contributed by atoms with Crippen molar-refractivity contribution in [3.63, 3.8) is 0 Å². The van der Waals surface area contributed by atoms with Gasteiger partial charge in [-0.3, -0.25) is 0 Å². The molecule has 1 aromatic rings. The third-order valence-corrected chi connectivity index (χ3v) is 6.50. The Kier molecular flexibility index (Phi) is 7.59. The van der Waals surface area contributed by atoms with E-state index < -0.39 is 0 Å². The fourth-order valence-corrected chi connectivity index (χ4v) is 4.56. The van der Waals surface area contributed by atoms with Gasteiger partial charge in [-0.25, -0.2) is 0 Å². The van der Waals surface area contributed by atoms with Gasteiger partial charge in [-0.05, 0) is 56.1 Å². The molecule has 4 atom stereocenters. The van der Waals surface area contributed by atoms with E-state index in [9.17, 15) is 10.2 Å². The summed E-state index contributed by atoms with van der Waals surface area (Å²) in [7, 11) is 0. The van der Waals surface area contributed by atoms with Gasteiger partial charge in [-0.1, -0.05) is 70.3 Å². The molecular weight excluding hydrogens is 332 g/mol. The van der Waals surface area contributed by atoms with Crippen LogP contribution >= 0.6 is 0 Å². The van der Waals surface area contributed by atoms with Gasteiger partial charge in [0.25, 0.3) is 0 Å². The second-order valence-corrected chi connectivity index (χ2v) is 8.76. The number of phenolic OH excluding ortho intramolecular Hbond substituents is 2. The Balaban J connectivity index is 2.46. The molecule has 0 heterocycles. The average Bonchev–Trinajstić information content (AvgIpc) is 2.60. The molecule has 4 unspecified atom stereocenters. The van der Waals surface area contributed by atoms with Crippen LogP contribution in [-0.2, 0) is 0 Å². The zero-order valence-corrected chi connectivity index (χ0v) is 17.9. The molecule has 1 aromatic carbocycles. The van der Waals surface area contributed by atoms with Gasteiger partial charge in [0.15, 0.2) is 0 Å². The molecule has 0 radical (unpaired) electrons. The molecule has 27 heavy (non-hydrogen) atoms. The summed E-state index contributed by atoms with van der Waals surface area (Å²) < 4.78 is 0. The smallest absolute Gasteiger partial charge is 0.123 e. The molecule has 0 aromatic heterocycles. The highest BCUT2D eigenvalue weighted by Gasteiger charge is 2.32. The molecule has 2 rings (SSSR count). The van der Waals surface area contributed by atoms with Crippen LogP contribution in [0, 0.1) is 11.8 Å². The highest BCUT2D eigenvalue weighted by atomic mass is 16.3. The quantitative estimate of drug-likeness (QED) is 0.369. The molecule has 0 bridgehead atoms. The lowest BCUT2D eigenvalue weighted by molar-refractivity contribution is 0.401. The van der Waals surface area contributed by atoms with E-state index in [2.05, 4.69) is 47.3 Å². The van der Waals surface area contributed by atoms with Crippen LogP contribution in [0.3, 0.4) is 0 Å². The maximum atomic E-state index is 10.8. The van der Waals surface area contributed by atoms with Gasteiger partial charge in [0, 0.05) is 17.5 Å². The number of hydrogen-bond donors (Lipinski definition) is 2. The van der Waals surface area contributed by atoms with Crippen molar-refractivity contribution in [2.45, 2.75) is 85.0 Å². The molecule has 2 nitrogen and oxygen atoms in total. The van der Waals surface area contributed by atoms with Gasteiger partial charge in [0.05, 0.1) is 0 Å². The summed E-state index contributed by atoms with van der Waals surface area (Å²) in [5.41, 5.74) is 4.64. The second-order valence-electron chi connectivity index (χ2n) is 8.76. The Morgan fingerprint density at radius 1 is 1.22 bits per heavy atom. The molecule has 1 aliphatic carbocycles. The first-order valence-corrected chi connectivity index (χ1v) is 10.6. The van der Waals surface area contributed by atoms with E-state index in [1.54, 1.807) is 0 Å². The van der Waals surface area contributed by atoms with Gasteiger partial charge in [0.1, 0.15) is 11.5 Å². The van der Waals surface area contributed by atoms with E-state index in [4.69, 9.17) is 0 Å². The van der Waals surface area contributed by atoms with E-state index >= 15 is 0 Å². The van der Waals surface area contributed by atoms with Crippen molar-refractivity contribution in [1.29, 1.82) is 0 Å². The Morgan fingerprint density at radius 2 is 1.93 bits per heavy atom. The van der Waals surface area contributed by atoms with Crippen LogP contribution < -0.4 is 0 Å². The van der Waals surface area contributed by atoms with Gasteiger partial charge < -0.3 is 10.2 Å². The molecule has 2 heteroatoms. The summed E-state index contributed by atoms with van der Waals surface area (Å²) in [5, 5.41) is 21.0. The predicted octanol–water partition coefficient (Wildman–Crippen LogP) is 7.43. The maximum Gasteiger partial charge on any atom is 0.123 e. The lowest BCUT2D eigenvalue weighted by Gasteiger charge is -2.34. The van der Waals surface area contributed by atoms with Gasteiger partial charge in [0.2, 0.25) is 0 Å². The molecule has 0 spiro atoms. The first kappa shape index (κ1) is 21.6. The lowest BCUT2D eigenvalue weighted by atomic mass is 9.70. The van der Waals surface area contributed by atoms with Crippen LogP contribution in [-0.4, -0.2) is 10.2 Å². The summed E-state index contributed by atoms with van der Waals surface area (Å²) in [6.07, 6.45) is 9.37. The van der Waals surface area contributed by atoms with Crippen molar-refractivity contribution < 1.29 is 10.2 Å². The first-order chi connectivity index (χ1) is 12.8. The number of phenols is 2. The molecule has 2 N–H and O–H groups in total. The Morgan fingerprint density at radius 3 is 2.56 bits per heavy atom. The van der Waals surface area contributed by atoms with Crippen LogP contribution in [0.5, 0.6) is 11.5 Å². The fraction of sp³-hybridized carbons (Fsp3) is 0.600. The Bertz CT molecular complexity index is 686. The monoisotopic (exact) mass is 370 g/mol. The van der Waals surface area contributed by atoms with Crippen molar-refractivity contribution in [2.75, 3.05) is 0 Å². The number of hydrogen-bond acceptors (Lipinski definition) is 2. The van der Waals surface area contributed by atoms with E-state index in [-0.39, 0.29) is 23.3 Å². The topological polar surface area (TPSA) is 40.5 Å². The highest BCUT2D eigenvalue weighted by Crippen LogP contribution is 2.47. The van der Waals surface area contributed by atoms with Crippen molar-refractivity contribution in [3.8, 4) is 11.5 Å². The van der Waals surface area contributed by atoms with Gasteiger partial charge in [-0.2, -0.15) is 0 Å². The van der Waals surface area contributed by atoms with Crippen LogP contribution in [0.1, 0.15) is 96.1 Å². The van der Waals surface area contributed by atoms with Crippen LogP contribution in [0.2, 0.25) is 0 Å². The number of aromatic hydroxyl groups is 2. The minimum Gasteiger partial charge on any atom is -0.508 e. The van der Waals surface area contributed by atoms with E-state index in [0.29, 0.717) is 11.8 Å². The third kappa shape index (κ3) is 5.18. The van der Waals surface area contributed by atoms with Gasteiger partial charge in [-0.15, -0.1) is 0 Å². The van der Waals surface area contributed by atoms with Crippen molar-refractivity contribution in [3.05, 3.63) is 47.1 Å². The van der Waals surface area contributed by atoms with Crippen LogP contribution in [0.25, 0.3) is 0 Å². The summed E-state index contributed by atoms with van der Waals surface area (Å²) >= 11 is 0. The number of benzene rings is 1. The number of rotatable bonds is 8. The minimum absolute atomic E-state index is 0.136. The minimum atomic E-state index is 0.136. The maximum absolute atomic E-state index is 10.8. The highest BCUT2D eigenvalue weighted by molar-refractivity contribution is 5.51. The average molecular weight is 371 g/mol. The van der Waals surface area contributed by atoms with Crippen LogP contribution in [0.4, 0.5) is 0 Å². The first-order valence-electron chi connectivity index (χ1n) is 10.6. The summed E-state index contributed by atoms with van der Waals surface area (Å²) in [6.45, 7) is 15.3. The molecule has 0 saturated heterocycles. The Labute approximate surface area is 166 Å². The molecule has 0 fully saturated rings. The van der Waals surface area contributed by atoms with Crippen molar-refractivity contribution in [2.24, 2.45) is 11.8 Å². The van der Waals surface area contributed by atoms with Gasteiger partial charge >= 0.3 is 0 Å². The SMILES string of the molecule is C=C(C)C1CCC(C)=CC1c1c(O)cc(O)cc1C(C)C(C)CCCCC. The zero-order valence-electron chi connectivity index (χ0n) is 17.9. The van der Waals surface area contributed by atoms with E-state index in [1.165, 1.54) is 42.9 Å². The third-order valence-electron chi connectivity index (χ3n) is 6.50. The number of unbranched alkanes of at least 4 members (excludes halogenated alkanes) is 2. The fourth-order valence-electron chi connectivity index (χ4n) is 4.56. The zero-order chi connectivity index (χ0) is 20.1. The molecule has 150 valence electrons. The van der Waals surface area contributed by atoms with Crippen LogP contribution in [0.15, 0.2) is 35.9 Å². The van der Waals surface area contributed by atoms with Crippen molar-refractivity contribution in [1.82, 2.24) is 0 Å². The molecule has 0 aliphatic heterocycles. The Hall–Kier alpha value is -1.70. The molecular formula is C25H38O2. The van der Waals surface area contributed by atoms with E-state index in [0.717, 1.165) is 24.0 Å². The summed E-state index contributed by atoms with van der Waals surface area (Å²) in [6, 6.07) is 3.38. The largest absolute Gasteiger partial charge is 0.508 e. The second kappa shape index (κ2) is 9.48. The summed E-state index contributed by atoms with van der Waals surface area (Å²) in [4.78, 5) is 0. The number of allylic oxidation sites excluding steroid dienone is 3. The standard InChI is InChI=1S/C25H38O2/c1-7-8-9-10-18(5)19(6)22-14-20(26)15-24(27)25(22)23-13-17(4)11-12-21(23)16(2)3/h13-15,18-19,21,23,26-27H,2,7-12H2,1,3-6H3.